The van der Waals surface area contributed by atoms with Crippen molar-refractivity contribution in [2.45, 2.75) is 17.9 Å². The van der Waals surface area contributed by atoms with E-state index in [2.05, 4.69) is 9.71 Å². The molecule has 0 aliphatic carbocycles. The van der Waals surface area contributed by atoms with Gasteiger partial charge in [-0.3, -0.25) is 9.59 Å². The molecule has 0 saturated heterocycles. The molecule has 2 N–H and O–H groups in total. The van der Waals surface area contributed by atoms with Gasteiger partial charge in [-0.2, -0.15) is 8.42 Å². The number of fused-ring (bicyclic) bond motifs is 1. The fraction of sp³-hybridized carbons (Fsp3) is 0.308. The molecule has 0 aromatic heterocycles. The van der Waals surface area contributed by atoms with Crippen molar-refractivity contribution in [1.82, 2.24) is 10.2 Å². The third kappa shape index (κ3) is 3.08. The van der Waals surface area contributed by atoms with E-state index < -0.39 is 27.9 Å². The quantitative estimate of drug-likeness (QED) is 0.782. The molecule has 22 heavy (non-hydrogen) atoms. The SMILES string of the molecule is C[C@H](NC(=O)CN(C)C1=NS(=O)(=O)c2ccccc21)C(=O)O. The number of carbonyl (C=O) groups excluding carboxylic acids is 1. The highest BCUT2D eigenvalue weighted by atomic mass is 32.2. The molecular formula is C13H15N3O5S. The number of benzene rings is 1. The Hall–Kier alpha value is -2.42. The Morgan fingerprint density at radius 2 is 2.00 bits per heavy atom. The van der Waals surface area contributed by atoms with Crippen LogP contribution in [0, 0.1) is 0 Å². The highest BCUT2D eigenvalue weighted by Crippen LogP contribution is 2.26. The van der Waals surface area contributed by atoms with Gasteiger partial charge >= 0.3 is 5.97 Å². The second-order valence-electron chi connectivity index (χ2n) is 4.87. The van der Waals surface area contributed by atoms with Crippen molar-refractivity contribution in [2.24, 2.45) is 4.40 Å². The van der Waals surface area contributed by atoms with E-state index in [0.29, 0.717) is 5.56 Å². The third-order valence-electron chi connectivity index (χ3n) is 3.10. The van der Waals surface area contributed by atoms with Crippen LogP contribution in [0.15, 0.2) is 33.6 Å². The van der Waals surface area contributed by atoms with Gasteiger partial charge in [0.25, 0.3) is 10.0 Å². The summed E-state index contributed by atoms with van der Waals surface area (Å²) in [4.78, 5) is 23.9. The number of hydrogen-bond donors (Lipinski definition) is 2. The van der Waals surface area contributed by atoms with E-state index in [1.165, 1.54) is 24.9 Å². The Bertz CT molecular complexity index is 757. The summed E-state index contributed by atoms with van der Waals surface area (Å²) in [6.45, 7) is 1.13. The Morgan fingerprint density at radius 1 is 1.36 bits per heavy atom. The van der Waals surface area contributed by atoms with Gasteiger partial charge in [-0.25, -0.2) is 0 Å². The molecule has 1 aromatic rings. The summed E-state index contributed by atoms with van der Waals surface area (Å²) in [5.41, 5.74) is 0.420. The molecule has 1 aliphatic heterocycles. The van der Waals surface area contributed by atoms with Crippen molar-refractivity contribution in [3.05, 3.63) is 29.8 Å². The number of rotatable bonds is 4. The molecule has 1 aliphatic rings. The molecular weight excluding hydrogens is 310 g/mol. The molecule has 1 aromatic carbocycles. The number of amides is 1. The molecule has 1 atom stereocenters. The molecule has 8 nitrogen and oxygen atoms in total. The zero-order valence-corrected chi connectivity index (χ0v) is 12.8. The number of likely N-dealkylation sites (N-methyl/N-ethyl adjacent to an activating group) is 1. The highest BCUT2D eigenvalue weighted by molar-refractivity contribution is 7.90. The average Bonchev–Trinajstić information content (AvgIpc) is 2.71. The number of nitrogens with zero attached hydrogens (tertiary/aromatic N) is 2. The summed E-state index contributed by atoms with van der Waals surface area (Å²) in [6.07, 6.45) is 0. The van der Waals surface area contributed by atoms with Crippen molar-refractivity contribution in [3.8, 4) is 0 Å². The predicted molar refractivity (Wildman–Crippen MR) is 78.0 cm³/mol. The van der Waals surface area contributed by atoms with E-state index in [4.69, 9.17) is 5.11 Å². The molecule has 1 amide bonds. The maximum atomic E-state index is 11.9. The van der Waals surface area contributed by atoms with Crippen molar-refractivity contribution >= 4 is 27.7 Å². The molecule has 0 unspecified atom stereocenters. The van der Waals surface area contributed by atoms with Crippen LogP contribution in [-0.2, 0) is 19.6 Å². The largest absolute Gasteiger partial charge is 0.480 e. The number of carboxylic acids is 1. The number of sulfonamides is 1. The van der Waals surface area contributed by atoms with Crippen LogP contribution in [-0.4, -0.2) is 55.8 Å². The average molecular weight is 325 g/mol. The van der Waals surface area contributed by atoms with Crippen LogP contribution in [0.2, 0.25) is 0 Å². The Kier molecular flexibility index (Phi) is 4.18. The predicted octanol–water partition coefficient (Wildman–Crippen LogP) is -0.343. The van der Waals surface area contributed by atoms with Crippen molar-refractivity contribution < 1.29 is 23.1 Å². The second-order valence-corrected chi connectivity index (χ2v) is 6.44. The minimum Gasteiger partial charge on any atom is -0.480 e. The van der Waals surface area contributed by atoms with Crippen LogP contribution in [0.4, 0.5) is 0 Å². The minimum atomic E-state index is -3.75. The van der Waals surface area contributed by atoms with Crippen molar-refractivity contribution in [1.29, 1.82) is 0 Å². The molecule has 0 bridgehead atoms. The molecule has 0 fully saturated rings. The number of aliphatic carboxylic acids is 1. The summed E-state index contributed by atoms with van der Waals surface area (Å²) in [5, 5.41) is 11.0. The summed E-state index contributed by atoms with van der Waals surface area (Å²) < 4.78 is 27.5. The van der Waals surface area contributed by atoms with E-state index in [9.17, 15) is 18.0 Å². The Morgan fingerprint density at radius 3 is 2.64 bits per heavy atom. The normalized spacial score (nSPS) is 16.4. The van der Waals surface area contributed by atoms with E-state index in [-0.39, 0.29) is 17.3 Å². The summed E-state index contributed by atoms with van der Waals surface area (Å²) in [7, 11) is -2.24. The van der Waals surface area contributed by atoms with Crippen LogP contribution < -0.4 is 5.32 Å². The van der Waals surface area contributed by atoms with Gasteiger partial charge in [0.2, 0.25) is 5.91 Å². The first-order chi connectivity index (χ1) is 10.2. The number of hydrogen-bond acceptors (Lipinski definition) is 5. The van der Waals surface area contributed by atoms with Crippen LogP contribution in [0.5, 0.6) is 0 Å². The van der Waals surface area contributed by atoms with Gasteiger partial charge in [-0.1, -0.05) is 12.1 Å². The molecule has 2 rings (SSSR count). The lowest BCUT2D eigenvalue weighted by molar-refractivity contribution is -0.141. The van der Waals surface area contributed by atoms with Crippen molar-refractivity contribution in [2.75, 3.05) is 13.6 Å². The number of amidine groups is 1. The third-order valence-corrected chi connectivity index (χ3v) is 4.43. The van der Waals surface area contributed by atoms with Gasteiger partial charge in [-0.15, -0.1) is 4.40 Å². The lowest BCUT2D eigenvalue weighted by Gasteiger charge is -2.19. The molecule has 0 radical (unpaired) electrons. The van der Waals surface area contributed by atoms with E-state index in [1.54, 1.807) is 18.2 Å². The van der Waals surface area contributed by atoms with Crippen LogP contribution in [0.3, 0.4) is 0 Å². The standard InChI is InChI=1S/C13H15N3O5S/c1-8(13(18)19)14-11(17)7-16(2)12-9-5-3-4-6-10(9)22(20,21)15-12/h3-6,8H,7H2,1-2H3,(H,14,17)(H,18,19)/t8-/m0/s1. The van der Waals surface area contributed by atoms with Gasteiger partial charge in [0.15, 0.2) is 5.84 Å². The lowest BCUT2D eigenvalue weighted by atomic mass is 10.2. The fourth-order valence-electron chi connectivity index (χ4n) is 2.00. The Labute approximate surface area is 127 Å². The van der Waals surface area contributed by atoms with E-state index >= 15 is 0 Å². The molecule has 9 heteroatoms. The van der Waals surface area contributed by atoms with Gasteiger partial charge in [0.1, 0.15) is 10.9 Å². The number of carboxylic acid groups (broad SMARTS) is 1. The van der Waals surface area contributed by atoms with Crippen LogP contribution in [0.1, 0.15) is 12.5 Å². The first kappa shape index (κ1) is 16.0. The van der Waals surface area contributed by atoms with E-state index in [0.717, 1.165) is 0 Å². The maximum absolute atomic E-state index is 11.9. The fourth-order valence-corrected chi connectivity index (χ4v) is 3.25. The highest BCUT2D eigenvalue weighted by Gasteiger charge is 2.31. The zero-order chi connectivity index (χ0) is 16.5. The summed E-state index contributed by atoms with van der Waals surface area (Å²) in [5.74, 6) is -1.53. The first-order valence-corrected chi connectivity index (χ1v) is 7.84. The van der Waals surface area contributed by atoms with Crippen LogP contribution in [0.25, 0.3) is 0 Å². The first-order valence-electron chi connectivity index (χ1n) is 6.40. The maximum Gasteiger partial charge on any atom is 0.325 e. The lowest BCUT2D eigenvalue weighted by Crippen LogP contribution is -2.44. The topological polar surface area (TPSA) is 116 Å². The van der Waals surface area contributed by atoms with Gasteiger partial charge in [-0.05, 0) is 19.1 Å². The molecule has 0 saturated carbocycles. The molecule has 1 heterocycles. The zero-order valence-electron chi connectivity index (χ0n) is 12.0. The second kappa shape index (κ2) is 5.76. The smallest absolute Gasteiger partial charge is 0.325 e. The van der Waals surface area contributed by atoms with Gasteiger partial charge < -0.3 is 15.3 Å². The summed E-state index contributed by atoms with van der Waals surface area (Å²) >= 11 is 0. The van der Waals surface area contributed by atoms with Gasteiger partial charge in [0, 0.05) is 12.6 Å². The summed E-state index contributed by atoms with van der Waals surface area (Å²) in [6, 6.07) is 5.29. The Balaban J connectivity index is 2.16. The van der Waals surface area contributed by atoms with Crippen LogP contribution >= 0.6 is 0 Å². The molecule has 0 spiro atoms. The van der Waals surface area contributed by atoms with E-state index in [1.807, 2.05) is 0 Å². The number of carbonyl (C=O) groups is 2. The minimum absolute atomic E-state index is 0.0937. The monoisotopic (exact) mass is 325 g/mol. The number of nitrogens with one attached hydrogen (secondary N) is 1. The molecule has 118 valence electrons. The van der Waals surface area contributed by atoms with Crippen molar-refractivity contribution in [3.63, 3.8) is 0 Å². The van der Waals surface area contributed by atoms with Gasteiger partial charge in [0.05, 0.1) is 6.54 Å².